The Bertz CT molecular complexity index is 588. The van der Waals surface area contributed by atoms with Crippen LogP contribution < -0.4 is 16.4 Å². The summed E-state index contributed by atoms with van der Waals surface area (Å²) in [5.41, 5.74) is 6.10. The standard InChI is InChI=1S/C16H22N4O3/c17-16(23)19-13-7-5-6-12(10-13)18-14(21)11-20-9-4-2-1-3-8-15(20)22/h5-7,10H,1-4,8-9,11H2,(H,18,21)(H3,17,19,23). The van der Waals surface area contributed by atoms with Crippen molar-refractivity contribution in [3.63, 3.8) is 0 Å². The number of primary amides is 1. The molecular formula is C16H22N4O3. The minimum absolute atomic E-state index is 0.0315. The average molecular weight is 318 g/mol. The molecule has 1 aromatic rings. The number of carbonyl (C=O) groups excluding carboxylic acids is 3. The second-order valence-electron chi connectivity index (χ2n) is 5.60. The lowest BCUT2D eigenvalue weighted by atomic mass is 10.1. The van der Waals surface area contributed by atoms with E-state index in [1.807, 2.05) is 0 Å². The quantitative estimate of drug-likeness (QED) is 0.789. The number of anilines is 2. The van der Waals surface area contributed by atoms with Crippen molar-refractivity contribution < 1.29 is 14.4 Å². The van der Waals surface area contributed by atoms with E-state index in [-0.39, 0.29) is 18.4 Å². The summed E-state index contributed by atoms with van der Waals surface area (Å²) in [7, 11) is 0. The summed E-state index contributed by atoms with van der Waals surface area (Å²) in [5.74, 6) is -0.223. The van der Waals surface area contributed by atoms with Gasteiger partial charge < -0.3 is 21.3 Å². The van der Waals surface area contributed by atoms with Gasteiger partial charge in [0, 0.05) is 24.3 Å². The Morgan fingerprint density at radius 1 is 1.09 bits per heavy atom. The lowest BCUT2D eigenvalue weighted by molar-refractivity contribution is -0.135. The van der Waals surface area contributed by atoms with Crippen LogP contribution in [0.1, 0.15) is 32.1 Å². The number of nitrogens with two attached hydrogens (primary N) is 1. The fraction of sp³-hybridized carbons (Fsp3) is 0.438. The Kier molecular flexibility index (Phi) is 5.96. The maximum atomic E-state index is 12.1. The Hall–Kier alpha value is -2.57. The zero-order valence-corrected chi connectivity index (χ0v) is 13.0. The van der Waals surface area contributed by atoms with Crippen LogP contribution in [0.4, 0.5) is 16.2 Å². The molecular weight excluding hydrogens is 296 g/mol. The third kappa shape index (κ3) is 5.61. The first-order valence-corrected chi connectivity index (χ1v) is 7.79. The normalized spacial score (nSPS) is 15.5. The van der Waals surface area contributed by atoms with Crippen LogP contribution in [0.5, 0.6) is 0 Å². The van der Waals surface area contributed by atoms with E-state index in [2.05, 4.69) is 10.6 Å². The molecule has 7 heteroatoms. The Labute approximate surface area is 135 Å². The molecule has 2 rings (SSSR count). The van der Waals surface area contributed by atoms with Crippen LogP contribution in [0.25, 0.3) is 0 Å². The van der Waals surface area contributed by atoms with Crippen LogP contribution in [-0.4, -0.2) is 35.8 Å². The minimum atomic E-state index is -0.667. The van der Waals surface area contributed by atoms with E-state index in [0.29, 0.717) is 24.3 Å². The fourth-order valence-corrected chi connectivity index (χ4v) is 2.57. The van der Waals surface area contributed by atoms with E-state index in [1.165, 1.54) is 0 Å². The average Bonchev–Trinajstić information content (AvgIpc) is 2.47. The van der Waals surface area contributed by atoms with Crippen molar-refractivity contribution in [2.75, 3.05) is 23.7 Å². The van der Waals surface area contributed by atoms with Gasteiger partial charge in [0.05, 0.1) is 6.54 Å². The molecule has 1 aliphatic heterocycles. The summed E-state index contributed by atoms with van der Waals surface area (Å²) in [5, 5.41) is 5.18. The van der Waals surface area contributed by atoms with Gasteiger partial charge in [0.15, 0.2) is 0 Å². The molecule has 0 aliphatic carbocycles. The fourth-order valence-electron chi connectivity index (χ4n) is 2.57. The molecule has 7 nitrogen and oxygen atoms in total. The molecule has 0 spiro atoms. The first-order valence-electron chi connectivity index (χ1n) is 7.79. The topological polar surface area (TPSA) is 105 Å². The smallest absolute Gasteiger partial charge is 0.316 e. The van der Waals surface area contributed by atoms with E-state index < -0.39 is 6.03 Å². The van der Waals surface area contributed by atoms with Crippen LogP contribution in [0, 0.1) is 0 Å². The van der Waals surface area contributed by atoms with Crippen LogP contribution in [-0.2, 0) is 9.59 Å². The van der Waals surface area contributed by atoms with E-state index in [0.717, 1.165) is 25.7 Å². The number of nitrogens with zero attached hydrogens (tertiary/aromatic N) is 1. The number of carbonyl (C=O) groups is 3. The highest BCUT2D eigenvalue weighted by Crippen LogP contribution is 2.15. The van der Waals surface area contributed by atoms with Crippen molar-refractivity contribution in [2.45, 2.75) is 32.1 Å². The summed E-state index contributed by atoms with van der Waals surface area (Å²) < 4.78 is 0. The molecule has 1 aliphatic rings. The molecule has 1 saturated heterocycles. The SMILES string of the molecule is NC(=O)Nc1cccc(NC(=O)CN2CCCCCCC2=O)c1. The molecule has 0 atom stereocenters. The second-order valence-corrected chi connectivity index (χ2v) is 5.60. The lowest BCUT2D eigenvalue weighted by Crippen LogP contribution is -2.39. The molecule has 0 bridgehead atoms. The van der Waals surface area contributed by atoms with E-state index >= 15 is 0 Å². The summed E-state index contributed by atoms with van der Waals surface area (Å²) in [6.45, 7) is 0.668. The van der Waals surface area contributed by atoms with Crippen molar-refractivity contribution in [3.05, 3.63) is 24.3 Å². The van der Waals surface area contributed by atoms with Gasteiger partial charge in [-0.25, -0.2) is 4.79 Å². The molecule has 0 unspecified atom stereocenters. The molecule has 23 heavy (non-hydrogen) atoms. The number of hydrogen-bond donors (Lipinski definition) is 3. The van der Waals surface area contributed by atoms with Gasteiger partial charge >= 0.3 is 6.03 Å². The number of hydrogen-bond acceptors (Lipinski definition) is 3. The highest BCUT2D eigenvalue weighted by Gasteiger charge is 2.18. The van der Waals surface area contributed by atoms with Gasteiger partial charge in [0.1, 0.15) is 0 Å². The summed E-state index contributed by atoms with van der Waals surface area (Å²) in [4.78, 5) is 36.6. The number of nitrogens with one attached hydrogen (secondary N) is 2. The molecule has 4 amide bonds. The molecule has 0 aromatic heterocycles. The molecule has 4 N–H and O–H groups in total. The van der Waals surface area contributed by atoms with Crippen molar-refractivity contribution in [3.8, 4) is 0 Å². The lowest BCUT2D eigenvalue weighted by Gasteiger charge is -2.24. The maximum Gasteiger partial charge on any atom is 0.316 e. The molecule has 124 valence electrons. The van der Waals surface area contributed by atoms with E-state index in [1.54, 1.807) is 29.2 Å². The predicted octanol–water partition coefficient (Wildman–Crippen LogP) is 1.91. The number of rotatable bonds is 4. The minimum Gasteiger partial charge on any atom is -0.351 e. The van der Waals surface area contributed by atoms with Crippen LogP contribution in [0.3, 0.4) is 0 Å². The molecule has 0 saturated carbocycles. The van der Waals surface area contributed by atoms with Crippen molar-refractivity contribution in [2.24, 2.45) is 5.73 Å². The molecule has 0 radical (unpaired) electrons. The highest BCUT2D eigenvalue weighted by molar-refractivity contribution is 5.95. The highest BCUT2D eigenvalue weighted by atomic mass is 16.2. The first-order chi connectivity index (χ1) is 11.0. The van der Waals surface area contributed by atoms with E-state index in [4.69, 9.17) is 5.73 Å². The van der Waals surface area contributed by atoms with Crippen molar-refractivity contribution in [1.82, 2.24) is 4.90 Å². The summed E-state index contributed by atoms with van der Waals surface area (Å²) in [6.07, 6.45) is 4.48. The maximum absolute atomic E-state index is 12.1. The largest absolute Gasteiger partial charge is 0.351 e. The van der Waals surface area contributed by atoms with Crippen LogP contribution in [0.15, 0.2) is 24.3 Å². The Morgan fingerprint density at radius 3 is 2.52 bits per heavy atom. The third-order valence-electron chi connectivity index (χ3n) is 3.67. The van der Waals surface area contributed by atoms with E-state index in [9.17, 15) is 14.4 Å². The zero-order chi connectivity index (χ0) is 16.7. The first kappa shape index (κ1) is 16.8. The van der Waals surface area contributed by atoms with Gasteiger partial charge in [-0.2, -0.15) is 0 Å². The number of likely N-dealkylation sites (tertiary alicyclic amines) is 1. The summed E-state index contributed by atoms with van der Waals surface area (Å²) >= 11 is 0. The molecule has 1 fully saturated rings. The van der Waals surface area contributed by atoms with Gasteiger partial charge in [-0.1, -0.05) is 18.9 Å². The van der Waals surface area contributed by atoms with Crippen molar-refractivity contribution >= 4 is 29.2 Å². The van der Waals surface area contributed by atoms with Crippen LogP contribution >= 0.6 is 0 Å². The summed E-state index contributed by atoms with van der Waals surface area (Å²) in [6, 6.07) is 6.02. The third-order valence-corrected chi connectivity index (χ3v) is 3.67. The zero-order valence-electron chi connectivity index (χ0n) is 13.0. The van der Waals surface area contributed by atoms with Crippen LogP contribution in [0.2, 0.25) is 0 Å². The number of amides is 4. The molecule has 1 heterocycles. The van der Waals surface area contributed by atoms with Gasteiger partial charge in [0.25, 0.3) is 0 Å². The predicted molar refractivity (Wildman–Crippen MR) is 87.9 cm³/mol. The van der Waals surface area contributed by atoms with Crippen molar-refractivity contribution in [1.29, 1.82) is 0 Å². The molecule has 1 aromatic carbocycles. The number of benzene rings is 1. The van der Waals surface area contributed by atoms with Gasteiger partial charge in [-0.3, -0.25) is 9.59 Å². The monoisotopic (exact) mass is 318 g/mol. The number of urea groups is 1. The van der Waals surface area contributed by atoms with Gasteiger partial charge in [0.2, 0.25) is 11.8 Å². The Balaban J connectivity index is 1.93. The second kappa shape index (κ2) is 8.17. The van der Waals surface area contributed by atoms with Gasteiger partial charge in [-0.15, -0.1) is 0 Å². The Morgan fingerprint density at radius 2 is 1.78 bits per heavy atom. The van der Waals surface area contributed by atoms with Gasteiger partial charge in [-0.05, 0) is 31.0 Å².